The summed E-state index contributed by atoms with van der Waals surface area (Å²) in [5, 5.41) is 20.0. The van der Waals surface area contributed by atoms with Gasteiger partial charge in [-0.05, 0) is 53.6 Å². The smallest absolute Gasteiger partial charge is 0.283 e. The molecule has 3 aromatic rings. The van der Waals surface area contributed by atoms with Gasteiger partial charge in [0.2, 0.25) is 0 Å². The number of hydrogen-bond acceptors (Lipinski definition) is 4. The average Bonchev–Trinajstić information content (AvgIpc) is 2.58. The predicted octanol–water partition coefficient (Wildman–Crippen LogP) is 5.89. The van der Waals surface area contributed by atoms with Crippen molar-refractivity contribution in [2.45, 2.75) is 4.75 Å². The topological polar surface area (TPSA) is 94.8 Å². The van der Waals surface area contributed by atoms with E-state index in [2.05, 4.69) is 0 Å². The van der Waals surface area contributed by atoms with Gasteiger partial charge < -0.3 is 10.2 Å². The van der Waals surface area contributed by atoms with Crippen LogP contribution in [-0.2, 0) is 14.9 Å². The quantitative estimate of drug-likeness (QED) is 0.311. The minimum Gasteiger partial charge on any atom is -0.508 e. The SMILES string of the molecule is O=S(=O)(O)C(c1cccc(O)c1)(c1cc(Cl)cc(Cl)c1)c1cc(O)c(Cl)cc1Cl. The molecule has 0 aliphatic rings. The molecule has 0 fully saturated rings. The summed E-state index contributed by atoms with van der Waals surface area (Å²) in [4.78, 5) is 0. The van der Waals surface area contributed by atoms with Gasteiger partial charge in [-0.15, -0.1) is 0 Å². The number of phenolic OH excluding ortho intramolecular Hbond substituents is 2. The molecule has 29 heavy (non-hydrogen) atoms. The normalized spacial score (nSPS) is 13.8. The molecule has 0 radical (unpaired) electrons. The molecule has 0 aliphatic carbocycles. The van der Waals surface area contributed by atoms with Crippen LogP contribution in [-0.4, -0.2) is 23.2 Å². The highest BCUT2D eigenvalue weighted by atomic mass is 35.5. The first-order valence-electron chi connectivity index (χ1n) is 7.88. The molecular weight excluding hydrogens is 482 g/mol. The molecule has 0 spiro atoms. The van der Waals surface area contributed by atoms with E-state index in [0.717, 1.165) is 18.2 Å². The number of hydrogen-bond donors (Lipinski definition) is 3. The molecule has 152 valence electrons. The van der Waals surface area contributed by atoms with Gasteiger partial charge in [0.05, 0.1) is 5.02 Å². The van der Waals surface area contributed by atoms with E-state index in [0.29, 0.717) is 0 Å². The Balaban J connectivity index is 2.60. The van der Waals surface area contributed by atoms with Crippen LogP contribution in [0.25, 0.3) is 0 Å². The van der Waals surface area contributed by atoms with Crippen LogP contribution < -0.4 is 0 Å². The van der Waals surface area contributed by atoms with E-state index in [1.54, 1.807) is 0 Å². The highest BCUT2D eigenvalue weighted by Gasteiger charge is 2.50. The lowest BCUT2D eigenvalue weighted by molar-refractivity contribution is 0.455. The van der Waals surface area contributed by atoms with Crippen molar-refractivity contribution in [3.8, 4) is 11.5 Å². The standard InChI is InChI=1S/C19H12Cl4O5S/c20-12-4-11(5-13(21)7-12)19(29(26,27)28,10-2-1-3-14(24)6-10)15-8-18(25)17(23)9-16(15)22/h1-9,24-25H,(H,26,27,28). The summed E-state index contributed by atoms with van der Waals surface area (Å²) in [5.41, 5.74) is -0.346. The summed E-state index contributed by atoms with van der Waals surface area (Å²) in [7, 11) is -5.06. The van der Waals surface area contributed by atoms with Crippen LogP contribution in [0.15, 0.2) is 54.6 Å². The second-order valence-electron chi connectivity index (χ2n) is 6.15. The Hall–Kier alpha value is -1.67. The fraction of sp³-hybridized carbons (Fsp3) is 0.0526. The zero-order valence-electron chi connectivity index (χ0n) is 14.3. The molecular formula is C19H12Cl4O5S. The molecule has 0 aliphatic heterocycles. The molecule has 0 aromatic heterocycles. The van der Waals surface area contributed by atoms with E-state index in [1.807, 2.05) is 0 Å². The minimum atomic E-state index is -5.06. The maximum Gasteiger partial charge on any atom is 0.283 e. The van der Waals surface area contributed by atoms with E-state index < -0.39 is 20.6 Å². The summed E-state index contributed by atoms with van der Waals surface area (Å²) in [6.45, 7) is 0. The van der Waals surface area contributed by atoms with Gasteiger partial charge in [0.15, 0.2) is 4.75 Å². The van der Waals surface area contributed by atoms with Crippen LogP contribution in [0.3, 0.4) is 0 Å². The maximum absolute atomic E-state index is 13.0. The molecule has 0 amide bonds. The van der Waals surface area contributed by atoms with Crippen LogP contribution >= 0.6 is 46.4 Å². The van der Waals surface area contributed by atoms with Gasteiger partial charge in [-0.1, -0.05) is 58.5 Å². The zero-order chi connectivity index (χ0) is 21.6. The molecule has 10 heteroatoms. The summed E-state index contributed by atoms with van der Waals surface area (Å²) in [6.07, 6.45) is 0. The fourth-order valence-corrected chi connectivity index (χ4v) is 5.60. The monoisotopic (exact) mass is 492 g/mol. The van der Waals surface area contributed by atoms with Crippen molar-refractivity contribution in [1.29, 1.82) is 0 Å². The van der Waals surface area contributed by atoms with Crippen molar-refractivity contribution in [2.24, 2.45) is 0 Å². The van der Waals surface area contributed by atoms with Crippen molar-refractivity contribution in [3.63, 3.8) is 0 Å². The van der Waals surface area contributed by atoms with Crippen molar-refractivity contribution >= 4 is 56.5 Å². The van der Waals surface area contributed by atoms with E-state index in [1.165, 1.54) is 36.4 Å². The van der Waals surface area contributed by atoms with Crippen LogP contribution in [0.1, 0.15) is 16.7 Å². The Labute approximate surface area is 186 Å². The molecule has 1 unspecified atom stereocenters. The van der Waals surface area contributed by atoms with E-state index in [-0.39, 0.29) is 42.5 Å². The zero-order valence-corrected chi connectivity index (χ0v) is 18.1. The fourth-order valence-electron chi connectivity index (χ4n) is 3.20. The van der Waals surface area contributed by atoms with Gasteiger partial charge in [-0.3, -0.25) is 4.55 Å². The Morgan fingerprint density at radius 1 is 0.759 bits per heavy atom. The third-order valence-corrected chi connectivity index (χ3v) is 6.84. The largest absolute Gasteiger partial charge is 0.508 e. The maximum atomic E-state index is 13.0. The van der Waals surface area contributed by atoms with Crippen LogP contribution in [0.4, 0.5) is 0 Å². The summed E-state index contributed by atoms with van der Waals surface area (Å²) in [6, 6.07) is 11.3. The number of benzene rings is 3. The lowest BCUT2D eigenvalue weighted by atomic mass is 9.83. The first-order chi connectivity index (χ1) is 13.5. The number of halogens is 4. The second-order valence-corrected chi connectivity index (χ2v) is 9.40. The first-order valence-corrected chi connectivity index (χ1v) is 10.8. The molecule has 0 bridgehead atoms. The van der Waals surface area contributed by atoms with E-state index in [4.69, 9.17) is 46.4 Å². The highest BCUT2D eigenvalue weighted by molar-refractivity contribution is 7.87. The third-order valence-electron chi connectivity index (χ3n) is 4.32. The number of aromatic hydroxyl groups is 2. The number of rotatable bonds is 4. The Morgan fingerprint density at radius 3 is 1.93 bits per heavy atom. The van der Waals surface area contributed by atoms with Gasteiger partial charge >= 0.3 is 0 Å². The molecule has 0 saturated carbocycles. The van der Waals surface area contributed by atoms with Crippen molar-refractivity contribution < 1.29 is 23.2 Å². The molecule has 3 rings (SSSR count). The van der Waals surface area contributed by atoms with Gasteiger partial charge in [0.25, 0.3) is 10.1 Å². The Bertz CT molecular complexity index is 1190. The van der Waals surface area contributed by atoms with Crippen molar-refractivity contribution in [1.82, 2.24) is 0 Å². The first kappa shape index (κ1) is 22.0. The molecule has 0 saturated heterocycles. The average molecular weight is 494 g/mol. The van der Waals surface area contributed by atoms with Gasteiger partial charge in [-0.25, -0.2) is 0 Å². The van der Waals surface area contributed by atoms with Gasteiger partial charge in [0, 0.05) is 20.6 Å². The Kier molecular flexibility index (Phi) is 5.98. The minimum absolute atomic E-state index is 0.0632. The van der Waals surface area contributed by atoms with Crippen molar-refractivity contribution in [3.05, 3.63) is 91.4 Å². The summed E-state index contributed by atoms with van der Waals surface area (Å²) in [5.74, 6) is -0.731. The molecule has 0 heterocycles. The molecule has 5 nitrogen and oxygen atoms in total. The lowest BCUT2D eigenvalue weighted by Crippen LogP contribution is -2.38. The summed E-state index contributed by atoms with van der Waals surface area (Å²) < 4.78 is 34.0. The van der Waals surface area contributed by atoms with Gasteiger partial charge in [-0.2, -0.15) is 8.42 Å². The highest BCUT2D eigenvalue weighted by Crippen LogP contribution is 2.49. The molecule has 3 N–H and O–H groups in total. The molecule has 3 aromatic carbocycles. The predicted molar refractivity (Wildman–Crippen MR) is 114 cm³/mol. The summed E-state index contributed by atoms with van der Waals surface area (Å²) >= 11 is 24.4. The Morgan fingerprint density at radius 2 is 1.38 bits per heavy atom. The van der Waals surface area contributed by atoms with Crippen LogP contribution in [0.5, 0.6) is 11.5 Å². The third kappa shape index (κ3) is 3.89. The molecule has 1 atom stereocenters. The van der Waals surface area contributed by atoms with E-state index >= 15 is 0 Å². The van der Waals surface area contributed by atoms with Crippen molar-refractivity contribution in [2.75, 3.05) is 0 Å². The van der Waals surface area contributed by atoms with Crippen LogP contribution in [0, 0.1) is 0 Å². The number of phenols is 2. The van der Waals surface area contributed by atoms with Gasteiger partial charge in [0.1, 0.15) is 11.5 Å². The second kappa shape index (κ2) is 7.87. The van der Waals surface area contributed by atoms with Crippen LogP contribution in [0.2, 0.25) is 20.1 Å². The lowest BCUT2D eigenvalue weighted by Gasteiger charge is -2.33. The van der Waals surface area contributed by atoms with E-state index in [9.17, 15) is 23.2 Å².